The number of fused-ring (bicyclic) bond motifs is 8. The Morgan fingerprint density at radius 3 is 1.83 bits per heavy atom. The van der Waals surface area contributed by atoms with Crippen LogP contribution in [-0.2, 0) is 0 Å². The van der Waals surface area contributed by atoms with Crippen LogP contribution >= 0.6 is 0 Å². The molecule has 168 valence electrons. The second-order valence-corrected chi connectivity index (χ2v) is 9.14. The van der Waals surface area contributed by atoms with Crippen molar-refractivity contribution in [3.05, 3.63) is 121 Å². The standard InChI is InChI=1S/C32H20N4/c1-2-12-26-25(11-1)30(34-32-31(26)33-29-15-7-8-20-35(29)32)21-16-18-22(19-17-21)36-27-13-5-3-9-23(27)24-10-4-6-14-28(24)36/h1-20H. The van der Waals surface area contributed by atoms with Crippen LogP contribution in [0, 0.1) is 0 Å². The fraction of sp³-hybridized carbons (Fsp3) is 0. The van der Waals surface area contributed by atoms with E-state index >= 15 is 0 Å². The highest BCUT2D eigenvalue weighted by Gasteiger charge is 2.16. The molecule has 0 saturated carbocycles. The summed E-state index contributed by atoms with van der Waals surface area (Å²) in [4.78, 5) is 10.0. The Kier molecular flexibility index (Phi) is 3.91. The van der Waals surface area contributed by atoms with E-state index in [0.29, 0.717) is 0 Å². The number of hydrogen-bond donors (Lipinski definition) is 0. The van der Waals surface area contributed by atoms with Gasteiger partial charge in [-0.05, 0) is 36.4 Å². The topological polar surface area (TPSA) is 35.1 Å². The minimum absolute atomic E-state index is 0.880. The molecule has 0 aliphatic carbocycles. The third-order valence-electron chi connectivity index (χ3n) is 7.14. The molecule has 4 heterocycles. The fourth-order valence-electron chi connectivity index (χ4n) is 5.52. The van der Waals surface area contributed by atoms with Gasteiger partial charge in [0.1, 0.15) is 11.2 Å². The van der Waals surface area contributed by atoms with E-state index in [1.54, 1.807) is 0 Å². The molecular weight excluding hydrogens is 440 g/mol. The zero-order valence-electron chi connectivity index (χ0n) is 19.3. The molecule has 36 heavy (non-hydrogen) atoms. The van der Waals surface area contributed by atoms with Gasteiger partial charge in [-0.25, -0.2) is 9.97 Å². The molecular formula is C32H20N4. The number of hydrogen-bond acceptors (Lipinski definition) is 2. The van der Waals surface area contributed by atoms with Gasteiger partial charge in [0.2, 0.25) is 0 Å². The van der Waals surface area contributed by atoms with Gasteiger partial charge in [-0.1, -0.05) is 78.9 Å². The minimum Gasteiger partial charge on any atom is -0.309 e. The molecule has 0 fully saturated rings. The smallest absolute Gasteiger partial charge is 0.165 e. The van der Waals surface area contributed by atoms with E-state index in [4.69, 9.17) is 9.97 Å². The lowest BCUT2D eigenvalue weighted by Gasteiger charge is -2.11. The molecule has 4 aromatic heterocycles. The van der Waals surface area contributed by atoms with Crippen molar-refractivity contribution in [3.8, 4) is 16.9 Å². The summed E-state index contributed by atoms with van der Waals surface area (Å²) in [5, 5.41) is 4.76. The van der Waals surface area contributed by atoms with Gasteiger partial charge in [0.15, 0.2) is 5.65 Å². The highest BCUT2D eigenvalue weighted by Crippen LogP contribution is 2.35. The van der Waals surface area contributed by atoms with Gasteiger partial charge in [-0.2, -0.15) is 0 Å². The molecule has 0 atom stereocenters. The van der Waals surface area contributed by atoms with Crippen molar-refractivity contribution >= 4 is 49.4 Å². The van der Waals surface area contributed by atoms with Crippen LogP contribution in [0.15, 0.2) is 121 Å². The van der Waals surface area contributed by atoms with Crippen LogP contribution in [-0.4, -0.2) is 18.9 Å². The van der Waals surface area contributed by atoms with Crippen LogP contribution in [0.25, 0.3) is 66.3 Å². The Bertz CT molecular complexity index is 2040. The number of pyridine rings is 2. The quantitative estimate of drug-likeness (QED) is 0.264. The van der Waals surface area contributed by atoms with Crippen LogP contribution in [0.4, 0.5) is 0 Å². The Labute approximate surface area is 206 Å². The highest BCUT2D eigenvalue weighted by molar-refractivity contribution is 6.10. The number of imidazole rings is 1. The van der Waals surface area contributed by atoms with Crippen LogP contribution in [0.3, 0.4) is 0 Å². The predicted molar refractivity (Wildman–Crippen MR) is 148 cm³/mol. The molecule has 4 aromatic carbocycles. The first-order valence-corrected chi connectivity index (χ1v) is 12.1. The van der Waals surface area contributed by atoms with E-state index in [-0.39, 0.29) is 0 Å². The van der Waals surface area contributed by atoms with E-state index in [1.165, 1.54) is 21.8 Å². The highest BCUT2D eigenvalue weighted by atomic mass is 15.1. The monoisotopic (exact) mass is 460 g/mol. The summed E-state index contributed by atoms with van der Waals surface area (Å²) in [7, 11) is 0. The van der Waals surface area contributed by atoms with Gasteiger partial charge >= 0.3 is 0 Å². The van der Waals surface area contributed by atoms with Crippen molar-refractivity contribution in [2.24, 2.45) is 0 Å². The fourth-order valence-corrected chi connectivity index (χ4v) is 5.52. The first-order chi connectivity index (χ1) is 17.9. The number of rotatable bonds is 2. The molecule has 4 nitrogen and oxygen atoms in total. The van der Waals surface area contributed by atoms with Gasteiger partial charge in [-0.15, -0.1) is 0 Å². The normalized spacial score (nSPS) is 11.9. The molecule has 0 saturated heterocycles. The van der Waals surface area contributed by atoms with E-state index in [1.807, 2.05) is 24.4 Å². The lowest BCUT2D eigenvalue weighted by Crippen LogP contribution is -1.95. The number of aromatic nitrogens is 4. The summed E-state index contributed by atoms with van der Waals surface area (Å²) < 4.78 is 4.41. The van der Waals surface area contributed by atoms with E-state index in [0.717, 1.165) is 44.5 Å². The van der Waals surface area contributed by atoms with E-state index in [9.17, 15) is 0 Å². The zero-order valence-corrected chi connectivity index (χ0v) is 19.3. The molecule has 0 aliphatic heterocycles. The van der Waals surface area contributed by atoms with Crippen molar-refractivity contribution in [2.45, 2.75) is 0 Å². The molecule has 0 aliphatic rings. The average Bonchev–Trinajstić information content (AvgIpc) is 3.49. The van der Waals surface area contributed by atoms with Gasteiger partial charge in [0.25, 0.3) is 0 Å². The Morgan fingerprint density at radius 1 is 0.500 bits per heavy atom. The van der Waals surface area contributed by atoms with Crippen LogP contribution in [0.1, 0.15) is 0 Å². The third kappa shape index (κ3) is 2.64. The summed E-state index contributed by atoms with van der Waals surface area (Å²) in [5.74, 6) is 0. The SMILES string of the molecule is c1ccc2c(c1)c(-c1ccc(-n3c4ccccc4c4ccccc43)cc1)nc1c2nc2ccccn21. The largest absolute Gasteiger partial charge is 0.309 e. The molecule has 0 amide bonds. The molecule has 4 heteroatoms. The Balaban J connectivity index is 1.36. The second kappa shape index (κ2) is 7.27. The predicted octanol–water partition coefficient (Wildman–Crippen LogP) is 7.80. The Morgan fingerprint density at radius 2 is 1.11 bits per heavy atom. The molecule has 0 bridgehead atoms. The lowest BCUT2D eigenvalue weighted by atomic mass is 10.0. The van der Waals surface area contributed by atoms with E-state index in [2.05, 4.69) is 106 Å². The van der Waals surface area contributed by atoms with Gasteiger partial charge in [0.05, 0.1) is 16.7 Å². The van der Waals surface area contributed by atoms with Gasteiger partial charge in [-0.3, -0.25) is 4.40 Å². The molecule has 0 unspecified atom stereocenters. The summed E-state index contributed by atoms with van der Waals surface area (Å²) in [6.45, 7) is 0. The summed E-state index contributed by atoms with van der Waals surface area (Å²) in [6, 6.07) is 40.4. The molecule has 8 rings (SSSR count). The minimum atomic E-state index is 0.880. The van der Waals surface area contributed by atoms with Gasteiger partial charge < -0.3 is 4.57 Å². The van der Waals surface area contributed by atoms with Crippen LogP contribution in [0.2, 0.25) is 0 Å². The molecule has 0 radical (unpaired) electrons. The van der Waals surface area contributed by atoms with Crippen molar-refractivity contribution in [3.63, 3.8) is 0 Å². The zero-order chi connectivity index (χ0) is 23.6. The second-order valence-electron chi connectivity index (χ2n) is 9.14. The van der Waals surface area contributed by atoms with Crippen molar-refractivity contribution in [1.29, 1.82) is 0 Å². The number of para-hydroxylation sites is 2. The summed E-state index contributed by atoms with van der Waals surface area (Å²) in [5.41, 5.74) is 8.33. The maximum Gasteiger partial charge on any atom is 0.165 e. The third-order valence-corrected chi connectivity index (χ3v) is 7.14. The van der Waals surface area contributed by atoms with Crippen LogP contribution in [0.5, 0.6) is 0 Å². The molecule has 0 spiro atoms. The molecule has 8 aromatic rings. The first-order valence-electron chi connectivity index (χ1n) is 12.1. The summed E-state index contributed by atoms with van der Waals surface area (Å²) in [6.07, 6.45) is 2.03. The average molecular weight is 461 g/mol. The van der Waals surface area contributed by atoms with E-state index < -0.39 is 0 Å². The Hall–Kier alpha value is -4.96. The first kappa shape index (κ1) is 19.4. The number of benzene rings is 4. The van der Waals surface area contributed by atoms with Gasteiger partial charge in [0, 0.05) is 39.0 Å². The lowest BCUT2D eigenvalue weighted by molar-refractivity contribution is 1.18. The van der Waals surface area contributed by atoms with Crippen molar-refractivity contribution < 1.29 is 0 Å². The summed E-state index contributed by atoms with van der Waals surface area (Å²) >= 11 is 0. The van der Waals surface area contributed by atoms with Crippen molar-refractivity contribution in [1.82, 2.24) is 18.9 Å². The maximum atomic E-state index is 5.15. The maximum absolute atomic E-state index is 5.15. The number of nitrogens with zero attached hydrogens (tertiary/aromatic N) is 4. The molecule has 0 N–H and O–H groups in total. The van der Waals surface area contributed by atoms with Crippen LogP contribution < -0.4 is 0 Å². The van der Waals surface area contributed by atoms with Crippen molar-refractivity contribution in [2.75, 3.05) is 0 Å².